The predicted octanol–water partition coefficient (Wildman–Crippen LogP) is 3.28. The maximum Gasteiger partial charge on any atom is 0.319 e. The van der Waals surface area contributed by atoms with Gasteiger partial charge in [0.25, 0.3) is 0 Å². The van der Waals surface area contributed by atoms with Gasteiger partial charge in [-0.3, -0.25) is 0 Å². The Morgan fingerprint density at radius 2 is 1.70 bits per heavy atom. The van der Waals surface area contributed by atoms with E-state index in [0.29, 0.717) is 17.4 Å². The minimum atomic E-state index is -3.41. The van der Waals surface area contributed by atoms with Crippen LogP contribution in [-0.4, -0.2) is 52.5 Å². The number of piperidine rings is 1. The van der Waals surface area contributed by atoms with Crippen molar-refractivity contribution >= 4 is 27.4 Å². The summed E-state index contributed by atoms with van der Waals surface area (Å²) in [6, 6.07) is 14.6. The highest BCUT2D eigenvalue weighted by Gasteiger charge is 2.21. The first-order valence-electron chi connectivity index (χ1n) is 10.2. The van der Waals surface area contributed by atoms with Crippen LogP contribution in [-0.2, 0) is 10.0 Å². The summed E-state index contributed by atoms with van der Waals surface area (Å²) in [6.45, 7) is 4.37. The minimum Gasteiger partial charge on any atom is -0.372 e. The number of amides is 2. The Labute approximate surface area is 179 Å². The molecule has 1 heterocycles. The highest BCUT2D eigenvalue weighted by Crippen LogP contribution is 2.25. The molecule has 0 aliphatic carbocycles. The molecule has 2 amide bonds. The molecule has 1 aliphatic rings. The summed E-state index contributed by atoms with van der Waals surface area (Å²) in [4.78, 5) is 14.7. The summed E-state index contributed by atoms with van der Waals surface area (Å²) in [5, 5.41) is 5.87. The van der Waals surface area contributed by atoms with Crippen molar-refractivity contribution in [3.05, 3.63) is 54.1 Å². The van der Waals surface area contributed by atoms with Gasteiger partial charge < -0.3 is 15.5 Å². The molecule has 2 aromatic rings. The topological polar surface area (TPSA) is 81.8 Å². The van der Waals surface area contributed by atoms with E-state index in [1.807, 2.05) is 43.3 Å². The summed E-state index contributed by atoms with van der Waals surface area (Å²) in [6.07, 6.45) is 1.95. The lowest BCUT2D eigenvalue weighted by molar-refractivity contribution is 0.248. The summed E-state index contributed by atoms with van der Waals surface area (Å²) < 4.78 is 25.6. The third-order valence-electron chi connectivity index (χ3n) is 5.54. The van der Waals surface area contributed by atoms with E-state index in [4.69, 9.17) is 0 Å². The number of rotatable bonds is 6. The highest BCUT2D eigenvalue weighted by atomic mass is 32.2. The molecule has 1 fully saturated rings. The second-order valence-electron chi connectivity index (χ2n) is 7.86. The first-order chi connectivity index (χ1) is 14.3. The van der Waals surface area contributed by atoms with Crippen LogP contribution in [0.2, 0.25) is 0 Å². The molecule has 30 heavy (non-hydrogen) atoms. The zero-order valence-electron chi connectivity index (χ0n) is 17.8. The van der Waals surface area contributed by atoms with Crippen LogP contribution in [0.25, 0.3) is 0 Å². The molecule has 162 valence electrons. The van der Waals surface area contributed by atoms with E-state index in [2.05, 4.69) is 15.5 Å². The van der Waals surface area contributed by atoms with E-state index in [-0.39, 0.29) is 6.03 Å². The number of hydrogen-bond acceptors (Lipinski definition) is 4. The second-order valence-corrected chi connectivity index (χ2v) is 10.0. The number of sulfonamides is 1. The van der Waals surface area contributed by atoms with Gasteiger partial charge in [0.15, 0.2) is 0 Å². The zero-order valence-corrected chi connectivity index (χ0v) is 18.6. The molecule has 0 bridgehead atoms. The van der Waals surface area contributed by atoms with E-state index in [9.17, 15) is 13.2 Å². The number of urea groups is 1. The normalized spacial score (nSPS) is 15.3. The number of aryl methyl sites for hydroxylation is 1. The number of carbonyl (C=O) groups is 1. The van der Waals surface area contributed by atoms with Gasteiger partial charge in [0.2, 0.25) is 10.0 Å². The van der Waals surface area contributed by atoms with Crippen molar-refractivity contribution in [1.29, 1.82) is 0 Å². The number of hydrogen-bond donors (Lipinski definition) is 2. The largest absolute Gasteiger partial charge is 0.372 e. The third-order valence-corrected chi connectivity index (χ3v) is 7.37. The average Bonchev–Trinajstić information content (AvgIpc) is 2.74. The van der Waals surface area contributed by atoms with Gasteiger partial charge in [-0.25, -0.2) is 17.5 Å². The van der Waals surface area contributed by atoms with Crippen LogP contribution in [0.5, 0.6) is 0 Å². The standard InChI is InChI=1S/C22H30N4O3S/c1-17-6-4-5-7-21(17)24-22(27)23-16-18-12-14-26(15-13-18)19-8-10-20(11-9-19)30(28,29)25(2)3/h4-11,18H,12-16H2,1-3H3,(H2,23,24,27). The van der Waals surface area contributed by atoms with E-state index in [1.54, 1.807) is 12.1 Å². The lowest BCUT2D eigenvalue weighted by atomic mass is 9.96. The molecule has 0 unspecified atom stereocenters. The maximum absolute atomic E-state index is 12.2. The summed E-state index contributed by atoms with van der Waals surface area (Å²) >= 11 is 0. The smallest absolute Gasteiger partial charge is 0.319 e. The van der Waals surface area contributed by atoms with Gasteiger partial charge >= 0.3 is 6.03 Å². The van der Waals surface area contributed by atoms with Gasteiger partial charge in [0.1, 0.15) is 0 Å². The Balaban J connectivity index is 1.47. The van der Waals surface area contributed by atoms with Crippen molar-refractivity contribution in [2.75, 3.05) is 43.9 Å². The van der Waals surface area contributed by atoms with Gasteiger partial charge in [0, 0.05) is 45.1 Å². The fraction of sp³-hybridized carbons (Fsp3) is 0.409. The maximum atomic E-state index is 12.2. The second kappa shape index (κ2) is 9.49. The number of nitrogens with zero attached hydrogens (tertiary/aromatic N) is 2. The molecule has 3 rings (SSSR count). The Bertz CT molecular complexity index is 966. The van der Waals surface area contributed by atoms with Crippen molar-refractivity contribution in [1.82, 2.24) is 9.62 Å². The lowest BCUT2D eigenvalue weighted by Crippen LogP contribution is -2.39. The third kappa shape index (κ3) is 5.31. The monoisotopic (exact) mass is 430 g/mol. The SMILES string of the molecule is Cc1ccccc1NC(=O)NCC1CCN(c2ccc(S(=O)(=O)N(C)C)cc2)CC1. The predicted molar refractivity (Wildman–Crippen MR) is 120 cm³/mol. The summed E-state index contributed by atoms with van der Waals surface area (Å²) in [5.74, 6) is 0.428. The van der Waals surface area contributed by atoms with E-state index < -0.39 is 10.0 Å². The quantitative estimate of drug-likeness (QED) is 0.737. The van der Waals surface area contributed by atoms with E-state index >= 15 is 0 Å². The van der Waals surface area contributed by atoms with Gasteiger partial charge in [-0.1, -0.05) is 18.2 Å². The van der Waals surface area contributed by atoms with Crippen molar-refractivity contribution in [2.24, 2.45) is 5.92 Å². The molecule has 1 saturated heterocycles. The van der Waals surface area contributed by atoms with Crippen LogP contribution in [0.4, 0.5) is 16.2 Å². The molecule has 0 atom stereocenters. The molecule has 0 spiro atoms. The molecule has 0 saturated carbocycles. The van der Waals surface area contributed by atoms with Gasteiger partial charge in [0.05, 0.1) is 4.90 Å². The first-order valence-corrected chi connectivity index (χ1v) is 11.6. The van der Waals surface area contributed by atoms with Crippen molar-refractivity contribution in [2.45, 2.75) is 24.7 Å². The number of para-hydroxylation sites is 1. The molecule has 8 heteroatoms. The number of anilines is 2. The molecule has 2 aromatic carbocycles. The summed E-state index contributed by atoms with van der Waals surface area (Å²) in [7, 11) is -0.343. The minimum absolute atomic E-state index is 0.176. The number of benzene rings is 2. The van der Waals surface area contributed by atoms with Gasteiger partial charge in [-0.15, -0.1) is 0 Å². The molecular formula is C22H30N4O3S. The van der Waals surface area contributed by atoms with Crippen LogP contribution in [0.3, 0.4) is 0 Å². The van der Waals surface area contributed by atoms with Crippen LogP contribution in [0.1, 0.15) is 18.4 Å². The van der Waals surface area contributed by atoms with Crippen LogP contribution < -0.4 is 15.5 Å². The molecule has 0 radical (unpaired) electrons. The zero-order chi connectivity index (χ0) is 21.7. The van der Waals surface area contributed by atoms with Crippen LogP contribution >= 0.6 is 0 Å². The molecule has 0 aromatic heterocycles. The van der Waals surface area contributed by atoms with Gasteiger partial charge in [-0.2, -0.15) is 0 Å². The summed E-state index contributed by atoms with van der Waals surface area (Å²) in [5.41, 5.74) is 2.88. The fourth-order valence-electron chi connectivity index (χ4n) is 3.55. The highest BCUT2D eigenvalue weighted by molar-refractivity contribution is 7.89. The Hall–Kier alpha value is -2.58. The van der Waals surface area contributed by atoms with Crippen LogP contribution in [0.15, 0.2) is 53.4 Å². The fourth-order valence-corrected chi connectivity index (χ4v) is 4.45. The Morgan fingerprint density at radius 1 is 1.07 bits per heavy atom. The molecule has 2 N–H and O–H groups in total. The number of nitrogens with one attached hydrogen (secondary N) is 2. The molecule has 7 nitrogen and oxygen atoms in total. The first kappa shape index (κ1) is 22.1. The van der Waals surface area contributed by atoms with Crippen molar-refractivity contribution < 1.29 is 13.2 Å². The van der Waals surface area contributed by atoms with E-state index in [0.717, 1.165) is 42.9 Å². The lowest BCUT2D eigenvalue weighted by Gasteiger charge is -2.33. The van der Waals surface area contributed by atoms with E-state index in [1.165, 1.54) is 18.4 Å². The van der Waals surface area contributed by atoms with Gasteiger partial charge in [-0.05, 0) is 61.6 Å². The average molecular weight is 431 g/mol. The Morgan fingerprint density at radius 3 is 2.30 bits per heavy atom. The molecule has 1 aliphatic heterocycles. The molecular weight excluding hydrogens is 400 g/mol. The number of carbonyl (C=O) groups excluding carboxylic acids is 1. The van der Waals surface area contributed by atoms with Crippen LogP contribution in [0, 0.1) is 12.8 Å². The van der Waals surface area contributed by atoms with Crippen molar-refractivity contribution in [3.8, 4) is 0 Å². The van der Waals surface area contributed by atoms with Crippen molar-refractivity contribution in [3.63, 3.8) is 0 Å². The Kier molecular flexibility index (Phi) is 6.99.